The summed E-state index contributed by atoms with van der Waals surface area (Å²) in [6, 6.07) is 13.1. The number of hydrogen-bond acceptors (Lipinski definition) is 3. The zero-order chi connectivity index (χ0) is 17.1. The van der Waals surface area contributed by atoms with E-state index in [-0.39, 0.29) is 11.9 Å². The van der Waals surface area contributed by atoms with Gasteiger partial charge in [0.05, 0.1) is 0 Å². The molecule has 0 spiro atoms. The molecule has 2 aromatic carbocycles. The zero-order valence-electron chi connectivity index (χ0n) is 13.7. The molecule has 1 N–H and O–H groups in total. The molecule has 0 radical (unpaired) electrons. The second-order valence-electron chi connectivity index (χ2n) is 5.88. The summed E-state index contributed by atoms with van der Waals surface area (Å²) in [4.78, 5) is 16.7. The summed E-state index contributed by atoms with van der Waals surface area (Å²) in [5.74, 6) is 0.505. The lowest BCUT2D eigenvalue weighted by molar-refractivity contribution is 0.0939. The highest BCUT2D eigenvalue weighted by Gasteiger charge is 2.12. The minimum Gasteiger partial charge on any atom is -0.440 e. The summed E-state index contributed by atoms with van der Waals surface area (Å²) in [7, 11) is 0. The number of hydrogen-bond donors (Lipinski definition) is 1. The molecule has 0 aliphatic carbocycles. The summed E-state index contributed by atoms with van der Waals surface area (Å²) >= 11 is 6.00. The van der Waals surface area contributed by atoms with Crippen LogP contribution in [0.4, 0.5) is 0 Å². The molecule has 1 aromatic heterocycles. The number of amides is 1. The minimum absolute atomic E-state index is 0.0981. The number of rotatable bonds is 5. The third-order valence-electron chi connectivity index (χ3n) is 3.93. The topological polar surface area (TPSA) is 55.1 Å². The van der Waals surface area contributed by atoms with Crippen molar-refractivity contribution in [3.05, 3.63) is 64.5 Å². The van der Waals surface area contributed by atoms with Crippen LogP contribution in [0.5, 0.6) is 0 Å². The normalized spacial score (nSPS) is 12.3. The summed E-state index contributed by atoms with van der Waals surface area (Å²) < 4.78 is 5.80. The molecule has 1 amide bonds. The van der Waals surface area contributed by atoms with Crippen LogP contribution in [0, 0.1) is 0 Å². The highest BCUT2D eigenvalue weighted by atomic mass is 35.5. The van der Waals surface area contributed by atoms with E-state index < -0.39 is 0 Å². The van der Waals surface area contributed by atoms with Crippen LogP contribution in [0.15, 0.2) is 46.9 Å². The van der Waals surface area contributed by atoms with Crippen molar-refractivity contribution in [2.45, 2.75) is 32.7 Å². The number of oxazole rings is 1. The van der Waals surface area contributed by atoms with Crippen LogP contribution >= 0.6 is 11.6 Å². The van der Waals surface area contributed by atoms with Crippen LogP contribution in [-0.4, -0.2) is 16.9 Å². The molecule has 124 valence electrons. The Kier molecular flexibility index (Phi) is 4.86. The van der Waals surface area contributed by atoms with Gasteiger partial charge < -0.3 is 9.73 Å². The van der Waals surface area contributed by atoms with Gasteiger partial charge in [-0.05, 0) is 49.2 Å². The molecule has 0 aliphatic heterocycles. The Morgan fingerprint density at radius 3 is 2.88 bits per heavy atom. The third kappa shape index (κ3) is 3.77. The molecule has 24 heavy (non-hydrogen) atoms. The second-order valence-corrected chi connectivity index (χ2v) is 6.32. The third-order valence-corrected chi connectivity index (χ3v) is 4.16. The Morgan fingerprint density at radius 2 is 2.12 bits per heavy atom. The van der Waals surface area contributed by atoms with Crippen LogP contribution in [0.1, 0.15) is 42.1 Å². The van der Waals surface area contributed by atoms with Gasteiger partial charge in [-0.1, -0.05) is 30.7 Å². The van der Waals surface area contributed by atoms with Gasteiger partial charge in [0, 0.05) is 23.0 Å². The van der Waals surface area contributed by atoms with Crippen LogP contribution < -0.4 is 5.32 Å². The fraction of sp³-hybridized carbons (Fsp3) is 0.263. The smallest absolute Gasteiger partial charge is 0.251 e. The average molecular weight is 343 g/mol. The summed E-state index contributed by atoms with van der Waals surface area (Å²) in [5.41, 5.74) is 2.97. The summed E-state index contributed by atoms with van der Waals surface area (Å²) in [5, 5.41) is 3.64. The summed E-state index contributed by atoms with van der Waals surface area (Å²) in [6.07, 6.45) is 1.45. The zero-order valence-corrected chi connectivity index (χ0v) is 14.4. The van der Waals surface area contributed by atoms with E-state index in [9.17, 15) is 4.79 Å². The average Bonchev–Trinajstić information content (AvgIpc) is 2.95. The molecule has 1 atom stereocenters. The first-order valence-electron chi connectivity index (χ1n) is 8.00. The van der Waals surface area contributed by atoms with Crippen LogP contribution in [0.2, 0.25) is 5.02 Å². The first-order valence-corrected chi connectivity index (χ1v) is 8.37. The maximum atomic E-state index is 12.2. The van der Waals surface area contributed by atoms with Crippen molar-refractivity contribution in [2.24, 2.45) is 0 Å². The number of carbonyl (C=O) groups excluding carboxylic acids is 1. The van der Waals surface area contributed by atoms with Crippen molar-refractivity contribution >= 4 is 28.6 Å². The fourth-order valence-electron chi connectivity index (χ4n) is 2.42. The molecule has 4 nitrogen and oxygen atoms in total. The molecule has 1 heterocycles. The molecular formula is C19H19ClN2O2. The number of carbonyl (C=O) groups is 1. The van der Waals surface area contributed by atoms with Gasteiger partial charge in [-0.3, -0.25) is 4.79 Å². The first kappa shape index (κ1) is 16.5. The van der Waals surface area contributed by atoms with Gasteiger partial charge in [0.15, 0.2) is 11.5 Å². The Bertz CT molecular complexity index is 873. The molecule has 3 aromatic rings. The lowest BCUT2D eigenvalue weighted by atomic mass is 10.1. The number of aromatic nitrogens is 1. The molecular weight excluding hydrogens is 324 g/mol. The second kappa shape index (κ2) is 7.05. The Balaban J connectivity index is 1.82. The van der Waals surface area contributed by atoms with Gasteiger partial charge in [-0.2, -0.15) is 0 Å². The van der Waals surface area contributed by atoms with Gasteiger partial charge in [-0.25, -0.2) is 4.98 Å². The van der Waals surface area contributed by atoms with Crippen LogP contribution in [0.3, 0.4) is 0 Å². The molecule has 3 rings (SSSR count). The predicted molar refractivity (Wildman–Crippen MR) is 95.5 cm³/mol. The number of nitrogens with zero attached hydrogens (tertiary/aromatic N) is 1. The number of fused-ring (bicyclic) bond motifs is 1. The SMILES string of the molecule is CC[C@H](C)NC(=O)c1ccc2nc(Cc3cccc(Cl)c3)oc2c1. The van der Waals surface area contributed by atoms with Crippen molar-refractivity contribution in [2.75, 3.05) is 0 Å². The van der Waals surface area contributed by atoms with Crippen LogP contribution in [-0.2, 0) is 6.42 Å². The van der Waals surface area contributed by atoms with Crippen molar-refractivity contribution in [1.29, 1.82) is 0 Å². The Hall–Kier alpha value is -2.33. The lowest BCUT2D eigenvalue weighted by Gasteiger charge is -2.10. The number of benzene rings is 2. The standard InChI is InChI=1S/C19H19ClN2O2/c1-3-12(2)21-19(23)14-7-8-16-17(11-14)24-18(22-16)10-13-5-4-6-15(20)9-13/h4-9,11-12H,3,10H2,1-2H3,(H,21,23)/t12-/m0/s1. The number of nitrogens with one attached hydrogen (secondary N) is 1. The van der Waals surface area contributed by atoms with E-state index in [4.69, 9.17) is 16.0 Å². The molecule has 0 saturated carbocycles. The van der Waals surface area contributed by atoms with E-state index in [1.165, 1.54) is 0 Å². The van der Waals surface area contributed by atoms with Crippen LogP contribution in [0.25, 0.3) is 11.1 Å². The van der Waals surface area contributed by atoms with E-state index in [2.05, 4.69) is 10.3 Å². The van der Waals surface area contributed by atoms with Gasteiger partial charge in [0.25, 0.3) is 5.91 Å². The Morgan fingerprint density at radius 1 is 1.29 bits per heavy atom. The van der Waals surface area contributed by atoms with Crippen molar-refractivity contribution < 1.29 is 9.21 Å². The maximum absolute atomic E-state index is 12.2. The van der Waals surface area contributed by atoms with Gasteiger partial charge in [0.1, 0.15) is 5.52 Å². The number of halogens is 1. The molecule has 0 fully saturated rings. The fourth-order valence-corrected chi connectivity index (χ4v) is 2.63. The van der Waals surface area contributed by atoms with Gasteiger partial charge in [-0.15, -0.1) is 0 Å². The van der Waals surface area contributed by atoms with E-state index in [0.29, 0.717) is 28.5 Å². The van der Waals surface area contributed by atoms with Crippen molar-refractivity contribution in [1.82, 2.24) is 10.3 Å². The van der Waals surface area contributed by atoms with E-state index in [1.807, 2.05) is 44.2 Å². The molecule has 0 saturated heterocycles. The maximum Gasteiger partial charge on any atom is 0.251 e. The Labute approximate surface area is 145 Å². The minimum atomic E-state index is -0.0981. The molecule has 0 unspecified atom stereocenters. The van der Waals surface area contributed by atoms with Gasteiger partial charge in [0.2, 0.25) is 0 Å². The van der Waals surface area contributed by atoms with E-state index in [0.717, 1.165) is 17.5 Å². The molecule has 5 heteroatoms. The predicted octanol–water partition coefficient (Wildman–Crippen LogP) is 4.60. The van der Waals surface area contributed by atoms with Crippen molar-refractivity contribution in [3.8, 4) is 0 Å². The monoisotopic (exact) mass is 342 g/mol. The highest BCUT2D eigenvalue weighted by molar-refractivity contribution is 6.30. The van der Waals surface area contributed by atoms with Crippen molar-refractivity contribution in [3.63, 3.8) is 0 Å². The lowest BCUT2D eigenvalue weighted by Crippen LogP contribution is -2.31. The molecule has 0 aliphatic rings. The largest absolute Gasteiger partial charge is 0.440 e. The highest BCUT2D eigenvalue weighted by Crippen LogP contribution is 2.20. The van der Waals surface area contributed by atoms with E-state index >= 15 is 0 Å². The quantitative estimate of drug-likeness (QED) is 0.737. The van der Waals surface area contributed by atoms with Gasteiger partial charge >= 0.3 is 0 Å². The van der Waals surface area contributed by atoms with E-state index in [1.54, 1.807) is 12.1 Å². The summed E-state index contributed by atoms with van der Waals surface area (Å²) in [6.45, 7) is 4.01. The first-order chi connectivity index (χ1) is 11.5. The molecule has 0 bridgehead atoms.